The average molecular weight is 288 g/mol. The van der Waals surface area contributed by atoms with Crippen molar-refractivity contribution < 1.29 is 24.2 Å². The fourth-order valence-corrected chi connectivity index (χ4v) is 1.99. The molecule has 0 aliphatic heterocycles. The summed E-state index contributed by atoms with van der Waals surface area (Å²) in [6, 6.07) is 0. The summed E-state index contributed by atoms with van der Waals surface area (Å²) in [6.45, 7) is 8.76. The van der Waals surface area contributed by atoms with Crippen LogP contribution in [0.3, 0.4) is 0 Å². The third-order valence-electron chi connectivity index (χ3n) is 3.27. The first kappa shape index (κ1) is 18.9. The van der Waals surface area contributed by atoms with Crippen LogP contribution in [-0.2, 0) is 19.1 Å². The zero-order valence-corrected chi connectivity index (χ0v) is 13.1. The largest absolute Gasteiger partial charge is 0.480 e. The van der Waals surface area contributed by atoms with E-state index >= 15 is 0 Å². The highest BCUT2D eigenvalue weighted by Crippen LogP contribution is 2.31. The van der Waals surface area contributed by atoms with Gasteiger partial charge in [0.1, 0.15) is 0 Å². The molecule has 0 aliphatic carbocycles. The van der Waals surface area contributed by atoms with Gasteiger partial charge in [-0.05, 0) is 32.1 Å². The zero-order chi connectivity index (χ0) is 15.6. The van der Waals surface area contributed by atoms with Crippen LogP contribution in [0.5, 0.6) is 0 Å². The summed E-state index contributed by atoms with van der Waals surface area (Å²) < 4.78 is 10.4. The van der Waals surface area contributed by atoms with Crippen LogP contribution in [0.1, 0.15) is 53.4 Å². The number of hydrogen-bond donors (Lipinski definition) is 1. The molecule has 0 bridgehead atoms. The van der Waals surface area contributed by atoms with Gasteiger partial charge in [0.2, 0.25) is 0 Å². The second-order valence-electron chi connectivity index (χ2n) is 5.40. The minimum absolute atomic E-state index is 0.160. The normalized spacial score (nSPS) is 14.1. The predicted octanol–water partition coefficient (Wildman–Crippen LogP) is 2.87. The van der Waals surface area contributed by atoms with Gasteiger partial charge in [-0.2, -0.15) is 0 Å². The Morgan fingerprint density at radius 3 is 2.25 bits per heavy atom. The minimum Gasteiger partial charge on any atom is -0.480 e. The second-order valence-corrected chi connectivity index (χ2v) is 5.40. The summed E-state index contributed by atoms with van der Waals surface area (Å²) >= 11 is 0. The van der Waals surface area contributed by atoms with Gasteiger partial charge in [0.25, 0.3) is 0 Å². The number of hydrogen-bond acceptors (Lipinski definition) is 4. The van der Waals surface area contributed by atoms with Crippen molar-refractivity contribution in [3.05, 3.63) is 0 Å². The van der Waals surface area contributed by atoms with Gasteiger partial charge in [0.15, 0.2) is 5.41 Å². The summed E-state index contributed by atoms with van der Waals surface area (Å²) in [5.41, 5.74) is -1.47. The predicted molar refractivity (Wildman–Crippen MR) is 76.5 cm³/mol. The third-order valence-corrected chi connectivity index (χ3v) is 3.27. The lowest BCUT2D eigenvalue weighted by atomic mass is 9.80. The molecule has 0 radical (unpaired) electrons. The molecule has 5 heteroatoms. The summed E-state index contributed by atoms with van der Waals surface area (Å²) in [6.07, 6.45) is 1.96. The van der Waals surface area contributed by atoms with Crippen molar-refractivity contribution >= 4 is 11.9 Å². The molecule has 0 rings (SSSR count). The number of esters is 1. The van der Waals surface area contributed by atoms with Crippen LogP contribution in [0.4, 0.5) is 0 Å². The Bertz CT molecular complexity index is 301. The monoisotopic (exact) mass is 288 g/mol. The van der Waals surface area contributed by atoms with E-state index in [1.165, 1.54) is 0 Å². The molecule has 5 nitrogen and oxygen atoms in total. The van der Waals surface area contributed by atoms with Crippen molar-refractivity contribution in [2.75, 3.05) is 19.8 Å². The first-order valence-electron chi connectivity index (χ1n) is 7.39. The molecule has 0 amide bonds. The highest BCUT2D eigenvalue weighted by molar-refractivity contribution is 5.99. The lowest BCUT2D eigenvalue weighted by molar-refractivity contribution is -0.171. The van der Waals surface area contributed by atoms with E-state index in [-0.39, 0.29) is 26.1 Å². The van der Waals surface area contributed by atoms with Gasteiger partial charge in [0, 0.05) is 13.2 Å². The van der Waals surface area contributed by atoms with E-state index in [9.17, 15) is 14.7 Å². The van der Waals surface area contributed by atoms with E-state index in [0.717, 1.165) is 6.42 Å². The van der Waals surface area contributed by atoms with Crippen LogP contribution in [-0.4, -0.2) is 36.9 Å². The van der Waals surface area contributed by atoms with Gasteiger partial charge in [-0.15, -0.1) is 0 Å². The highest BCUT2D eigenvalue weighted by atomic mass is 16.5. The van der Waals surface area contributed by atoms with Gasteiger partial charge in [-0.1, -0.05) is 27.2 Å². The number of carbonyl (C=O) groups excluding carboxylic acids is 1. The van der Waals surface area contributed by atoms with E-state index in [0.29, 0.717) is 18.9 Å². The maximum Gasteiger partial charge on any atom is 0.323 e. The quantitative estimate of drug-likeness (QED) is 0.359. The molecule has 0 spiro atoms. The minimum atomic E-state index is -1.47. The van der Waals surface area contributed by atoms with Gasteiger partial charge in [-0.3, -0.25) is 9.59 Å². The Hall–Kier alpha value is -1.10. The van der Waals surface area contributed by atoms with E-state index in [4.69, 9.17) is 9.47 Å². The molecule has 0 aromatic rings. The van der Waals surface area contributed by atoms with Crippen molar-refractivity contribution in [3.8, 4) is 0 Å². The van der Waals surface area contributed by atoms with Crippen molar-refractivity contribution in [3.63, 3.8) is 0 Å². The highest BCUT2D eigenvalue weighted by Gasteiger charge is 2.46. The second kappa shape index (κ2) is 9.75. The fourth-order valence-electron chi connectivity index (χ4n) is 1.99. The van der Waals surface area contributed by atoms with Crippen LogP contribution < -0.4 is 0 Å². The number of ether oxygens (including phenoxy) is 2. The number of aliphatic carboxylic acids is 1. The number of rotatable bonds is 11. The summed E-state index contributed by atoms with van der Waals surface area (Å²) in [4.78, 5) is 23.6. The molecule has 0 saturated carbocycles. The summed E-state index contributed by atoms with van der Waals surface area (Å²) in [7, 11) is 0. The maximum absolute atomic E-state index is 12.0. The molecule has 0 fully saturated rings. The van der Waals surface area contributed by atoms with Gasteiger partial charge in [0.05, 0.1) is 6.61 Å². The summed E-state index contributed by atoms with van der Waals surface area (Å²) in [5.74, 6) is -1.23. The molecule has 0 heterocycles. The van der Waals surface area contributed by atoms with E-state index < -0.39 is 17.4 Å². The average Bonchev–Trinajstić information content (AvgIpc) is 2.36. The van der Waals surface area contributed by atoms with Gasteiger partial charge in [-0.25, -0.2) is 0 Å². The van der Waals surface area contributed by atoms with E-state index in [1.54, 1.807) is 6.92 Å². The smallest absolute Gasteiger partial charge is 0.323 e. The van der Waals surface area contributed by atoms with Gasteiger partial charge < -0.3 is 14.6 Å². The zero-order valence-electron chi connectivity index (χ0n) is 13.1. The van der Waals surface area contributed by atoms with E-state index in [2.05, 4.69) is 13.8 Å². The molecular formula is C15H28O5. The topological polar surface area (TPSA) is 72.8 Å². The maximum atomic E-state index is 12.0. The molecule has 0 saturated heterocycles. The number of carbonyl (C=O) groups is 2. The molecular weight excluding hydrogens is 260 g/mol. The number of carboxylic acid groups (broad SMARTS) is 1. The van der Waals surface area contributed by atoms with Crippen LogP contribution in [0, 0.1) is 11.3 Å². The molecule has 1 unspecified atom stereocenters. The Morgan fingerprint density at radius 2 is 1.80 bits per heavy atom. The Labute approximate surface area is 121 Å². The molecule has 0 aromatic heterocycles. The van der Waals surface area contributed by atoms with Gasteiger partial charge >= 0.3 is 11.9 Å². The lowest BCUT2D eigenvalue weighted by Crippen LogP contribution is -2.41. The molecule has 1 N–H and O–H groups in total. The molecule has 1 atom stereocenters. The van der Waals surface area contributed by atoms with Crippen LogP contribution in [0.15, 0.2) is 0 Å². The molecule has 0 aromatic carbocycles. The van der Waals surface area contributed by atoms with Crippen LogP contribution in [0.2, 0.25) is 0 Å². The lowest BCUT2D eigenvalue weighted by Gasteiger charge is -2.26. The van der Waals surface area contributed by atoms with Crippen LogP contribution in [0.25, 0.3) is 0 Å². The first-order chi connectivity index (χ1) is 9.40. The molecule has 20 heavy (non-hydrogen) atoms. The molecule has 0 aliphatic rings. The van der Waals surface area contributed by atoms with Crippen LogP contribution >= 0.6 is 0 Å². The fraction of sp³-hybridized carbons (Fsp3) is 0.867. The standard InChI is InChI=1S/C15H28O5/c1-5-8-15(13(16)17,14(18)20-6-2)9-11-19-10-7-12(3)4/h12H,5-11H2,1-4H3,(H,16,17). The Morgan fingerprint density at radius 1 is 1.15 bits per heavy atom. The SMILES string of the molecule is CCCC(CCOCCC(C)C)(C(=O)O)C(=O)OCC. The van der Waals surface area contributed by atoms with Crippen molar-refractivity contribution in [1.82, 2.24) is 0 Å². The van der Waals surface area contributed by atoms with Crippen molar-refractivity contribution in [1.29, 1.82) is 0 Å². The summed E-state index contributed by atoms with van der Waals surface area (Å²) in [5, 5.41) is 9.44. The van der Waals surface area contributed by atoms with E-state index in [1.807, 2.05) is 6.92 Å². The van der Waals surface area contributed by atoms with Crippen molar-refractivity contribution in [2.45, 2.75) is 53.4 Å². The Balaban J connectivity index is 4.59. The number of carboxylic acids is 1. The Kier molecular flexibility index (Phi) is 9.21. The first-order valence-corrected chi connectivity index (χ1v) is 7.39. The third kappa shape index (κ3) is 5.90. The van der Waals surface area contributed by atoms with Crippen molar-refractivity contribution in [2.24, 2.45) is 11.3 Å². The molecule has 118 valence electrons.